The van der Waals surface area contributed by atoms with Gasteiger partial charge in [0.15, 0.2) is 0 Å². The topological polar surface area (TPSA) is 67.4 Å². The zero-order valence-corrected chi connectivity index (χ0v) is 16.9. The number of aryl methyl sites for hydroxylation is 1. The average Bonchev–Trinajstić information content (AvgIpc) is 2.70. The van der Waals surface area contributed by atoms with Crippen LogP contribution in [0.4, 0.5) is 0 Å². The first-order chi connectivity index (χ1) is 13.4. The van der Waals surface area contributed by atoms with Crippen LogP contribution < -0.4 is 15.4 Å². The Morgan fingerprint density at radius 1 is 1.18 bits per heavy atom. The van der Waals surface area contributed by atoms with E-state index in [1.165, 1.54) is 6.08 Å². The minimum absolute atomic E-state index is 0.103. The van der Waals surface area contributed by atoms with Crippen molar-refractivity contribution >= 4 is 17.9 Å². The summed E-state index contributed by atoms with van der Waals surface area (Å²) < 4.78 is 5.31. The lowest BCUT2D eigenvalue weighted by Crippen LogP contribution is -2.32. The second kappa shape index (κ2) is 10.3. The number of ether oxygens (including phenoxy) is 1. The Kier molecular flexibility index (Phi) is 7.81. The van der Waals surface area contributed by atoms with Crippen LogP contribution in [0.1, 0.15) is 47.3 Å². The van der Waals surface area contributed by atoms with Crippen molar-refractivity contribution < 1.29 is 14.3 Å². The highest BCUT2D eigenvalue weighted by molar-refractivity contribution is 5.94. The van der Waals surface area contributed by atoms with Crippen molar-refractivity contribution in [3.63, 3.8) is 0 Å². The molecule has 0 aliphatic rings. The summed E-state index contributed by atoms with van der Waals surface area (Å²) in [7, 11) is 1.60. The number of nitrogens with one attached hydrogen (secondary N) is 2. The lowest BCUT2D eigenvalue weighted by molar-refractivity contribution is -0.116. The average molecular weight is 380 g/mol. The summed E-state index contributed by atoms with van der Waals surface area (Å²) in [5.74, 6) is 0.404. The predicted molar refractivity (Wildman–Crippen MR) is 112 cm³/mol. The van der Waals surface area contributed by atoms with E-state index < -0.39 is 0 Å². The fourth-order valence-electron chi connectivity index (χ4n) is 2.63. The number of hydrogen-bond donors (Lipinski definition) is 2. The van der Waals surface area contributed by atoms with Crippen molar-refractivity contribution in [2.45, 2.75) is 39.8 Å². The highest BCUT2D eigenvalue weighted by Crippen LogP contribution is 2.20. The predicted octanol–water partition coefficient (Wildman–Crippen LogP) is 3.86. The molecule has 5 nitrogen and oxygen atoms in total. The minimum atomic E-state index is -0.210. The van der Waals surface area contributed by atoms with Gasteiger partial charge in [-0.25, -0.2) is 0 Å². The van der Waals surface area contributed by atoms with E-state index in [2.05, 4.69) is 10.6 Å². The van der Waals surface area contributed by atoms with Gasteiger partial charge < -0.3 is 15.4 Å². The van der Waals surface area contributed by atoms with Crippen LogP contribution in [0.3, 0.4) is 0 Å². The van der Waals surface area contributed by atoms with E-state index in [9.17, 15) is 9.59 Å². The van der Waals surface area contributed by atoms with Crippen molar-refractivity contribution in [1.29, 1.82) is 0 Å². The van der Waals surface area contributed by atoms with Gasteiger partial charge in [0.2, 0.25) is 5.91 Å². The molecular formula is C23H28N2O3. The van der Waals surface area contributed by atoms with Crippen LogP contribution in [0.15, 0.2) is 48.5 Å². The van der Waals surface area contributed by atoms with Crippen LogP contribution >= 0.6 is 0 Å². The molecule has 2 rings (SSSR count). The van der Waals surface area contributed by atoms with E-state index >= 15 is 0 Å². The Morgan fingerprint density at radius 2 is 1.96 bits per heavy atom. The summed E-state index contributed by atoms with van der Waals surface area (Å²) in [6, 6.07) is 13.2. The second-order valence-corrected chi connectivity index (χ2v) is 6.78. The molecule has 2 aromatic carbocycles. The summed E-state index contributed by atoms with van der Waals surface area (Å²) in [6.45, 7) is 6.33. The maximum atomic E-state index is 12.2. The van der Waals surface area contributed by atoms with Gasteiger partial charge in [-0.2, -0.15) is 0 Å². The minimum Gasteiger partial charge on any atom is -0.496 e. The number of rotatable bonds is 8. The van der Waals surface area contributed by atoms with Crippen LogP contribution in [0, 0.1) is 6.92 Å². The molecule has 0 aliphatic carbocycles. The molecule has 0 aliphatic heterocycles. The first kappa shape index (κ1) is 21.2. The maximum Gasteiger partial charge on any atom is 0.251 e. The van der Waals surface area contributed by atoms with Gasteiger partial charge in [0.1, 0.15) is 5.75 Å². The summed E-state index contributed by atoms with van der Waals surface area (Å²) in [4.78, 5) is 24.4. The Labute approximate surface area is 166 Å². The number of hydrogen-bond acceptors (Lipinski definition) is 3. The van der Waals surface area contributed by atoms with Gasteiger partial charge in [0, 0.05) is 29.8 Å². The first-order valence-corrected chi connectivity index (χ1v) is 9.43. The molecule has 0 aromatic heterocycles. The largest absolute Gasteiger partial charge is 0.496 e. The van der Waals surface area contributed by atoms with Crippen molar-refractivity contribution in [1.82, 2.24) is 10.6 Å². The Hall–Kier alpha value is -3.08. The number of benzene rings is 2. The van der Waals surface area contributed by atoms with Crippen molar-refractivity contribution in [2.75, 3.05) is 7.11 Å². The molecule has 0 radical (unpaired) electrons. The molecule has 28 heavy (non-hydrogen) atoms. The fraction of sp³-hybridized carbons (Fsp3) is 0.304. The van der Waals surface area contributed by atoms with Crippen LogP contribution in [0.25, 0.3) is 6.08 Å². The van der Waals surface area contributed by atoms with Crippen molar-refractivity contribution in [2.24, 2.45) is 0 Å². The van der Waals surface area contributed by atoms with Crippen LogP contribution in [0.5, 0.6) is 5.75 Å². The number of carbonyl (C=O) groups excluding carboxylic acids is 2. The van der Waals surface area contributed by atoms with Crippen molar-refractivity contribution in [3.8, 4) is 5.75 Å². The van der Waals surface area contributed by atoms with Crippen LogP contribution in [-0.2, 0) is 11.3 Å². The zero-order valence-electron chi connectivity index (χ0n) is 16.9. The zero-order chi connectivity index (χ0) is 20.5. The van der Waals surface area contributed by atoms with Crippen molar-refractivity contribution in [3.05, 3.63) is 70.8 Å². The van der Waals surface area contributed by atoms with Gasteiger partial charge in [-0.1, -0.05) is 30.7 Å². The van der Waals surface area contributed by atoms with Gasteiger partial charge in [-0.15, -0.1) is 0 Å². The molecule has 0 spiro atoms. The van der Waals surface area contributed by atoms with Crippen LogP contribution in [-0.4, -0.2) is 25.0 Å². The first-order valence-electron chi connectivity index (χ1n) is 9.43. The Bertz CT molecular complexity index is 859. The standard InChI is InChI=1S/C23H28N2O3/c1-5-17(3)25-23(27)20-8-6-7-18(14-20)15-24-22(26)12-10-19-13-16(2)9-11-21(19)28-4/h6-14,17H,5,15H2,1-4H3,(H,24,26)(H,25,27)/b12-10+. The highest BCUT2D eigenvalue weighted by atomic mass is 16.5. The molecule has 0 bridgehead atoms. The van der Waals surface area contributed by atoms with Gasteiger partial charge in [0.05, 0.1) is 7.11 Å². The molecule has 1 atom stereocenters. The number of amides is 2. The molecule has 2 amide bonds. The fourth-order valence-corrected chi connectivity index (χ4v) is 2.63. The molecule has 0 saturated heterocycles. The molecule has 0 fully saturated rings. The number of methoxy groups -OCH3 is 1. The molecule has 0 saturated carbocycles. The third-order valence-corrected chi connectivity index (χ3v) is 4.45. The van der Waals surface area contributed by atoms with Crippen LogP contribution in [0.2, 0.25) is 0 Å². The van der Waals surface area contributed by atoms with E-state index in [0.717, 1.165) is 28.9 Å². The van der Waals surface area contributed by atoms with Gasteiger partial charge in [-0.05, 0) is 56.2 Å². The normalized spacial score (nSPS) is 11.9. The van der Waals surface area contributed by atoms with Gasteiger partial charge in [0.25, 0.3) is 5.91 Å². The molecule has 0 heterocycles. The third kappa shape index (κ3) is 6.27. The maximum absolute atomic E-state index is 12.2. The lowest BCUT2D eigenvalue weighted by atomic mass is 10.1. The molecule has 2 N–H and O–H groups in total. The summed E-state index contributed by atoms with van der Waals surface area (Å²) in [5, 5.41) is 5.78. The third-order valence-electron chi connectivity index (χ3n) is 4.45. The summed E-state index contributed by atoms with van der Waals surface area (Å²) >= 11 is 0. The van der Waals surface area contributed by atoms with E-state index in [0.29, 0.717) is 12.1 Å². The summed E-state index contributed by atoms with van der Waals surface area (Å²) in [5.41, 5.74) is 3.40. The molecule has 148 valence electrons. The Balaban J connectivity index is 1.97. The van der Waals surface area contributed by atoms with Gasteiger partial charge >= 0.3 is 0 Å². The van der Waals surface area contributed by atoms with E-state index in [4.69, 9.17) is 4.74 Å². The van der Waals surface area contributed by atoms with E-state index in [1.807, 2.05) is 51.1 Å². The highest BCUT2D eigenvalue weighted by Gasteiger charge is 2.09. The second-order valence-electron chi connectivity index (χ2n) is 6.78. The lowest BCUT2D eigenvalue weighted by Gasteiger charge is -2.12. The SMILES string of the molecule is CCC(C)NC(=O)c1cccc(CNC(=O)/C=C/c2cc(C)ccc2OC)c1. The molecule has 2 aromatic rings. The summed E-state index contributed by atoms with van der Waals surface area (Å²) in [6.07, 6.45) is 4.09. The molecule has 1 unspecified atom stereocenters. The van der Waals surface area contributed by atoms with Gasteiger partial charge in [-0.3, -0.25) is 9.59 Å². The smallest absolute Gasteiger partial charge is 0.251 e. The molecular weight excluding hydrogens is 352 g/mol. The monoisotopic (exact) mass is 380 g/mol. The van der Waals surface area contributed by atoms with E-state index in [1.54, 1.807) is 25.3 Å². The number of carbonyl (C=O) groups is 2. The molecule has 5 heteroatoms. The van der Waals surface area contributed by atoms with E-state index in [-0.39, 0.29) is 17.9 Å². The Morgan fingerprint density at radius 3 is 2.68 bits per heavy atom. The quantitative estimate of drug-likeness (QED) is 0.684.